The standard InChI is InChI=1S/C18H16F4N2O2/c1-11(25)24(10-12-2-4-13(19)5-3-12)9-8-23-18(26)14-6-7-15(20)17(22)16(14)21/h2-7H,8-10H2,1H3,(H,23,26). The molecular formula is C18H16F4N2O2. The third kappa shape index (κ3) is 4.81. The van der Waals surface area contributed by atoms with E-state index in [-0.39, 0.29) is 25.5 Å². The summed E-state index contributed by atoms with van der Waals surface area (Å²) in [6, 6.07) is 7.08. The lowest BCUT2D eigenvalue weighted by Gasteiger charge is -2.21. The fourth-order valence-corrected chi connectivity index (χ4v) is 2.26. The average Bonchev–Trinajstić information content (AvgIpc) is 2.60. The van der Waals surface area contributed by atoms with Crippen molar-refractivity contribution in [2.75, 3.05) is 13.1 Å². The van der Waals surface area contributed by atoms with E-state index >= 15 is 0 Å². The number of carbonyl (C=O) groups excluding carboxylic acids is 2. The highest BCUT2D eigenvalue weighted by atomic mass is 19.2. The van der Waals surface area contributed by atoms with Gasteiger partial charge in [0.1, 0.15) is 5.82 Å². The van der Waals surface area contributed by atoms with Gasteiger partial charge in [0, 0.05) is 26.6 Å². The van der Waals surface area contributed by atoms with E-state index in [1.165, 1.54) is 36.1 Å². The van der Waals surface area contributed by atoms with Crippen molar-refractivity contribution in [2.45, 2.75) is 13.5 Å². The van der Waals surface area contributed by atoms with Gasteiger partial charge in [0.2, 0.25) is 5.91 Å². The number of rotatable bonds is 6. The fraction of sp³-hybridized carbons (Fsp3) is 0.222. The highest BCUT2D eigenvalue weighted by Crippen LogP contribution is 2.15. The molecule has 0 atom stereocenters. The first-order chi connectivity index (χ1) is 12.3. The summed E-state index contributed by atoms with van der Waals surface area (Å²) in [5.74, 6) is -6.28. The molecule has 0 spiro atoms. The number of halogens is 4. The molecular weight excluding hydrogens is 352 g/mol. The molecule has 1 N–H and O–H groups in total. The second-order valence-corrected chi connectivity index (χ2v) is 5.55. The zero-order valence-electron chi connectivity index (χ0n) is 13.9. The Morgan fingerprint density at radius 3 is 2.23 bits per heavy atom. The van der Waals surface area contributed by atoms with Crippen LogP contribution < -0.4 is 5.32 Å². The molecule has 0 aliphatic heterocycles. The Kier molecular flexibility index (Phi) is 6.32. The van der Waals surface area contributed by atoms with Crippen molar-refractivity contribution in [3.05, 3.63) is 70.8 Å². The smallest absolute Gasteiger partial charge is 0.254 e. The number of benzene rings is 2. The summed E-state index contributed by atoms with van der Waals surface area (Å²) in [6.07, 6.45) is 0. The number of nitrogens with zero attached hydrogens (tertiary/aromatic N) is 1. The van der Waals surface area contributed by atoms with Crippen molar-refractivity contribution in [3.8, 4) is 0 Å². The van der Waals surface area contributed by atoms with Crippen LogP contribution >= 0.6 is 0 Å². The minimum absolute atomic E-state index is 0.0297. The van der Waals surface area contributed by atoms with Crippen LogP contribution in [0.15, 0.2) is 36.4 Å². The van der Waals surface area contributed by atoms with Crippen LogP contribution in [0.2, 0.25) is 0 Å². The molecule has 8 heteroatoms. The Morgan fingerprint density at radius 1 is 0.962 bits per heavy atom. The molecule has 0 heterocycles. The Morgan fingerprint density at radius 2 is 1.62 bits per heavy atom. The second kappa shape index (κ2) is 8.46. The molecule has 26 heavy (non-hydrogen) atoms. The van der Waals surface area contributed by atoms with Crippen molar-refractivity contribution >= 4 is 11.8 Å². The Bertz CT molecular complexity index is 810. The lowest BCUT2D eigenvalue weighted by Crippen LogP contribution is -2.37. The third-order valence-electron chi connectivity index (χ3n) is 3.68. The van der Waals surface area contributed by atoms with E-state index < -0.39 is 34.7 Å². The van der Waals surface area contributed by atoms with Crippen molar-refractivity contribution in [3.63, 3.8) is 0 Å². The molecule has 138 valence electrons. The molecule has 0 radical (unpaired) electrons. The highest BCUT2D eigenvalue weighted by molar-refractivity contribution is 5.94. The maximum atomic E-state index is 13.6. The quantitative estimate of drug-likeness (QED) is 0.630. The molecule has 2 aromatic rings. The van der Waals surface area contributed by atoms with Gasteiger partial charge in [0.25, 0.3) is 5.91 Å². The minimum atomic E-state index is -1.72. The van der Waals surface area contributed by atoms with E-state index in [2.05, 4.69) is 5.32 Å². The van der Waals surface area contributed by atoms with Gasteiger partial charge >= 0.3 is 0 Å². The van der Waals surface area contributed by atoms with E-state index in [9.17, 15) is 27.2 Å². The largest absolute Gasteiger partial charge is 0.350 e. The topological polar surface area (TPSA) is 49.4 Å². The number of amides is 2. The molecule has 0 unspecified atom stereocenters. The number of carbonyl (C=O) groups is 2. The monoisotopic (exact) mass is 368 g/mol. The van der Waals surface area contributed by atoms with Gasteiger partial charge in [0.15, 0.2) is 17.5 Å². The number of hydrogen-bond acceptors (Lipinski definition) is 2. The zero-order valence-corrected chi connectivity index (χ0v) is 13.9. The van der Waals surface area contributed by atoms with Crippen LogP contribution in [0, 0.1) is 23.3 Å². The van der Waals surface area contributed by atoms with E-state index in [4.69, 9.17) is 0 Å². The molecule has 0 saturated heterocycles. The van der Waals surface area contributed by atoms with E-state index in [0.29, 0.717) is 11.6 Å². The molecule has 0 aliphatic carbocycles. The van der Waals surface area contributed by atoms with Gasteiger partial charge in [-0.3, -0.25) is 9.59 Å². The van der Waals surface area contributed by atoms with Crippen molar-refractivity contribution in [1.29, 1.82) is 0 Å². The molecule has 0 aromatic heterocycles. The van der Waals surface area contributed by atoms with Crippen molar-refractivity contribution in [2.24, 2.45) is 0 Å². The predicted molar refractivity (Wildman–Crippen MR) is 86.1 cm³/mol. The third-order valence-corrected chi connectivity index (χ3v) is 3.68. The normalized spacial score (nSPS) is 10.5. The van der Waals surface area contributed by atoms with Gasteiger partial charge in [-0.1, -0.05) is 12.1 Å². The zero-order chi connectivity index (χ0) is 19.3. The molecule has 2 rings (SSSR count). The van der Waals surface area contributed by atoms with Gasteiger partial charge in [-0.05, 0) is 29.8 Å². The number of nitrogens with one attached hydrogen (secondary N) is 1. The van der Waals surface area contributed by atoms with Crippen molar-refractivity contribution < 1.29 is 27.2 Å². The Balaban J connectivity index is 1.95. The Labute approximate surface area is 147 Å². The van der Waals surface area contributed by atoms with Crippen LogP contribution in [-0.2, 0) is 11.3 Å². The summed E-state index contributed by atoms with van der Waals surface area (Å²) in [5, 5.41) is 2.34. The summed E-state index contributed by atoms with van der Waals surface area (Å²) in [6.45, 7) is 1.60. The second-order valence-electron chi connectivity index (χ2n) is 5.55. The maximum absolute atomic E-state index is 13.6. The summed E-state index contributed by atoms with van der Waals surface area (Å²) >= 11 is 0. The first-order valence-corrected chi connectivity index (χ1v) is 7.71. The molecule has 0 fully saturated rings. The molecule has 0 aliphatic rings. The van der Waals surface area contributed by atoms with Crippen molar-refractivity contribution in [1.82, 2.24) is 10.2 Å². The summed E-state index contributed by atoms with van der Waals surface area (Å²) in [7, 11) is 0. The average molecular weight is 368 g/mol. The highest BCUT2D eigenvalue weighted by Gasteiger charge is 2.19. The lowest BCUT2D eigenvalue weighted by atomic mass is 10.2. The summed E-state index contributed by atoms with van der Waals surface area (Å²) in [4.78, 5) is 25.0. The molecule has 2 aromatic carbocycles. The van der Waals surface area contributed by atoms with E-state index in [1.807, 2.05) is 0 Å². The van der Waals surface area contributed by atoms with Crippen LogP contribution in [-0.4, -0.2) is 29.8 Å². The molecule has 2 amide bonds. The van der Waals surface area contributed by atoms with Crippen LogP contribution in [0.1, 0.15) is 22.8 Å². The summed E-state index contributed by atoms with van der Waals surface area (Å²) < 4.78 is 52.5. The van der Waals surface area contributed by atoms with Crippen LogP contribution in [0.25, 0.3) is 0 Å². The van der Waals surface area contributed by atoms with Crippen LogP contribution in [0.3, 0.4) is 0 Å². The van der Waals surface area contributed by atoms with Gasteiger partial charge in [-0.15, -0.1) is 0 Å². The fourth-order valence-electron chi connectivity index (χ4n) is 2.26. The SMILES string of the molecule is CC(=O)N(CCNC(=O)c1ccc(F)c(F)c1F)Cc1ccc(F)cc1. The van der Waals surface area contributed by atoms with Gasteiger partial charge in [-0.25, -0.2) is 17.6 Å². The molecule has 0 bridgehead atoms. The summed E-state index contributed by atoms with van der Waals surface area (Å²) in [5.41, 5.74) is 0.0661. The number of hydrogen-bond donors (Lipinski definition) is 1. The van der Waals surface area contributed by atoms with Gasteiger partial charge in [-0.2, -0.15) is 0 Å². The minimum Gasteiger partial charge on any atom is -0.350 e. The molecule has 4 nitrogen and oxygen atoms in total. The van der Waals surface area contributed by atoms with Crippen LogP contribution in [0.5, 0.6) is 0 Å². The van der Waals surface area contributed by atoms with E-state index in [0.717, 1.165) is 6.07 Å². The maximum Gasteiger partial charge on any atom is 0.254 e. The van der Waals surface area contributed by atoms with Gasteiger partial charge < -0.3 is 10.2 Å². The lowest BCUT2D eigenvalue weighted by molar-refractivity contribution is -0.129. The first kappa shape index (κ1) is 19.4. The van der Waals surface area contributed by atoms with E-state index in [1.54, 1.807) is 0 Å². The predicted octanol–water partition coefficient (Wildman–Crippen LogP) is 3.02. The Hall–Kier alpha value is -2.90. The van der Waals surface area contributed by atoms with Gasteiger partial charge in [0.05, 0.1) is 5.56 Å². The molecule has 0 saturated carbocycles. The van der Waals surface area contributed by atoms with Crippen LogP contribution in [0.4, 0.5) is 17.6 Å². The first-order valence-electron chi connectivity index (χ1n) is 7.71.